The van der Waals surface area contributed by atoms with Crippen LogP contribution in [-0.4, -0.2) is 41.5 Å². The van der Waals surface area contributed by atoms with E-state index in [-0.39, 0.29) is 17.7 Å². The van der Waals surface area contributed by atoms with E-state index in [0.717, 1.165) is 4.90 Å². The van der Waals surface area contributed by atoms with Gasteiger partial charge in [0.2, 0.25) is 11.8 Å². The topological polar surface area (TPSA) is 49.4 Å². The molecule has 0 radical (unpaired) electrons. The molecule has 2 unspecified atom stereocenters. The molecule has 2 atom stereocenters. The van der Waals surface area contributed by atoms with Crippen molar-refractivity contribution in [3.05, 3.63) is 0 Å². The number of nitrogens with zero attached hydrogens (tertiary/aromatic N) is 1. The van der Waals surface area contributed by atoms with Gasteiger partial charge in [-0.2, -0.15) is 13.2 Å². The van der Waals surface area contributed by atoms with Crippen LogP contribution in [0.2, 0.25) is 0 Å². The molecule has 1 saturated heterocycles. The Bertz CT molecular complexity index is 394. The zero-order chi connectivity index (χ0) is 16.4. The van der Waals surface area contributed by atoms with Crippen LogP contribution in [0.5, 0.6) is 0 Å². The van der Waals surface area contributed by atoms with E-state index in [1.165, 1.54) is 0 Å². The number of carbonyl (C=O) groups excluding carboxylic acids is 2. The maximum Gasteiger partial charge on any atom is 0.390 e. The third-order valence-electron chi connectivity index (χ3n) is 3.52. The highest BCUT2D eigenvalue weighted by molar-refractivity contribution is 5.97. The van der Waals surface area contributed by atoms with Gasteiger partial charge in [0.15, 0.2) is 0 Å². The molecule has 0 aromatic rings. The third-order valence-corrected chi connectivity index (χ3v) is 3.52. The first kappa shape index (κ1) is 17.8. The van der Waals surface area contributed by atoms with Crippen molar-refractivity contribution in [2.45, 2.75) is 58.8 Å². The SMILES string of the molecule is CC(C)CC1C(=O)NC(C(C)C)C(=O)N1CCC(F)(F)F. The van der Waals surface area contributed by atoms with E-state index in [0.29, 0.717) is 6.42 Å². The summed E-state index contributed by atoms with van der Waals surface area (Å²) in [6, 6.07) is -1.55. The summed E-state index contributed by atoms with van der Waals surface area (Å²) in [5.41, 5.74) is 0. The Morgan fingerprint density at radius 1 is 1.19 bits per heavy atom. The number of hydrogen-bond acceptors (Lipinski definition) is 2. The lowest BCUT2D eigenvalue weighted by atomic mass is 9.93. The molecule has 0 spiro atoms. The molecule has 0 saturated carbocycles. The third kappa shape index (κ3) is 4.89. The van der Waals surface area contributed by atoms with Gasteiger partial charge >= 0.3 is 6.18 Å². The Kier molecular flexibility index (Phi) is 5.64. The summed E-state index contributed by atoms with van der Waals surface area (Å²) in [5, 5.41) is 2.64. The number of carbonyl (C=O) groups is 2. The molecule has 0 aliphatic carbocycles. The van der Waals surface area contributed by atoms with Crippen molar-refractivity contribution in [1.29, 1.82) is 0 Å². The quantitative estimate of drug-likeness (QED) is 0.847. The van der Waals surface area contributed by atoms with Gasteiger partial charge in [0.25, 0.3) is 0 Å². The first-order chi connectivity index (χ1) is 9.53. The van der Waals surface area contributed by atoms with Gasteiger partial charge in [-0.3, -0.25) is 9.59 Å². The second kappa shape index (κ2) is 6.66. The van der Waals surface area contributed by atoms with Crippen LogP contribution >= 0.6 is 0 Å². The molecule has 0 bridgehead atoms. The molecular formula is C14H23F3N2O2. The first-order valence-corrected chi connectivity index (χ1v) is 7.20. The van der Waals surface area contributed by atoms with Crippen LogP contribution in [0.3, 0.4) is 0 Å². The van der Waals surface area contributed by atoms with Crippen LogP contribution < -0.4 is 5.32 Å². The van der Waals surface area contributed by atoms with Crippen molar-refractivity contribution in [3.63, 3.8) is 0 Å². The lowest BCUT2D eigenvalue weighted by Crippen LogP contribution is -2.65. The summed E-state index contributed by atoms with van der Waals surface area (Å²) in [7, 11) is 0. The van der Waals surface area contributed by atoms with Crippen LogP contribution in [0.4, 0.5) is 13.2 Å². The molecule has 1 N–H and O–H groups in total. The summed E-state index contributed by atoms with van der Waals surface area (Å²) < 4.78 is 37.3. The maximum atomic E-state index is 12.4. The van der Waals surface area contributed by atoms with Crippen molar-refractivity contribution in [1.82, 2.24) is 10.2 Å². The van der Waals surface area contributed by atoms with E-state index < -0.39 is 37.1 Å². The molecule has 0 aromatic carbocycles. The van der Waals surface area contributed by atoms with Crippen LogP contribution in [0.15, 0.2) is 0 Å². The molecule has 4 nitrogen and oxygen atoms in total. The molecule has 1 heterocycles. The van der Waals surface area contributed by atoms with Gasteiger partial charge < -0.3 is 10.2 Å². The minimum Gasteiger partial charge on any atom is -0.342 e. The monoisotopic (exact) mass is 308 g/mol. The number of nitrogens with one attached hydrogen (secondary N) is 1. The largest absolute Gasteiger partial charge is 0.390 e. The average molecular weight is 308 g/mol. The summed E-state index contributed by atoms with van der Waals surface area (Å²) in [6.45, 7) is 6.79. The van der Waals surface area contributed by atoms with Crippen molar-refractivity contribution < 1.29 is 22.8 Å². The Morgan fingerprint density at radius 3 is 2.19 bits per heavy atom. The standard InChI is InChI=1S/C14H23F3N2O2/c1-8(2)7-10-12(20)18-11(9(3)4)13(21)19(10)6-5-14(15,16)17/h8-11H,5-7H2,1-4H3,(H,18,20). The van der Waals surface area contributed by atoms with Gasteiger partial charge in [-0.25, -0.2) is 0 Å². The van der Waals surface area contributed by atoms with E-state index in [1.807, 2.05) is 13.8 Å². The second-order valence-corrected chi connectivity index (χ2v) is 6.27. The average Bonchev–Trinajstić information content (AvgIpc) is 2.30. The van der Waals surface area contributed by atoms with E-state index in [9.17, 15) is 22.8 Å². The van der Waals surface area contributed by atoms with Crippen molar-refractivity contribution >= 4 is 11.8 Å². The van der Waals surface area contributed by atoms with Crippen molar-refractivity contribution in [3.8, 4) is 0 Å². The van der Waals surface area contributed by atoms with Crippen LogP contribution in [0, 0.1) is 11.8 Å². The molecule has 122 valence electrons. The zero-order valence-electron chi connectivity index (χ0n) is 12.8. The summed E-state index contributed by atoms with van der Waals surface area (Å²) in [4.78, 5) is 25.6. The van der Waals surface area contributed by atoms with Crippen LogP contribution in [-0.2, 0) is 9.59 Å². The Balaban J connectivity index is 2.94. The Hall–Kier alpha value is -1.27. The lowest BCUT2D eigenvalue weighted by molar-refractivity contribution is -0.159. The Labute approximate surface area is 123 Å². The summed E-state index contributed by atoms with van der Waals surface area (Å²) in [6.07, 6.45) is -5.07. The number of rotatable bonds is 5. The molecule has 1 fully saturated rings. The minimum atomic E-state index is -4.34. The minimum absolute atomic E-state index is 0.109. The predicted octanol–water partition coefficient (Wildman–Crippen LogP) is 2.34. The van der Waals surface area contributed by atoms with E-state index >= 15 is 0 Å². The smallest absolute Gasteiger partial charge is 0.342 e. The van der Waals surface area contributed by atoms with Gasteiger partial charge in [-0.05, 0) is 18.3 Å². The van der Waals surface area contributed by atoms with Gasteiger partial charge in [0, 0.05) is 6.54 Å². The molecular weight excluding hydrogens is 285 g/mol. The van der Waals surface area contributed by atoms with Gasteiger partial charge in [0.05, 0.1) is 6.42 Å². The highest BCUT2D eigenvalue weighted by Crippen LogP contribution is 2.25. The first-order valence-electron chi connectivity index (χ1n) is 7.20. The second-order valence-electron chi connectivity index (χ2n) is 6.27. The molecule has 7 heteroatoms. The van der Waals surface area contributed by atoms with Crippen LogP contribution in [0.1, 0.15) is 40.5 Å². The zero-order valence-corrected chi connectivity index (χ0v) is 12.8. The molecule has 21 heavy (non-hydrogen) atoms. The number of halogens is 3. The number of amides is 2. The fraction of sp³-hybridized carbons (Fsp3) is 0.857. The van der Waals surface area contributed by atoms with Gasteiger partial charge in [0.1, 0.15) is 12.1 Å². The summed E-state index contributed by atoms with van der Waals surface area (Å²) >= 11 is 0. The number of hydrogen-bond donors (Lipinski definition) is 1. The lowest BCUT2D eigenvalue weighted by Gasteiger charge is -2.41. The summed E-state index contributed by atoms with van der Waals surface area (Å²) in [5.74, 6) is -0.823. The Morgan fingerprint density at radius 2 is 1.76 bits per heavy atom. The predicted molar refractivity (Wildman–Crippen MR) is 72.4 cm³/mol. The normalized spacial score (nSPS) is 24.0. The number of piperazine rings is 1. The molecule has 2 amide bonds. The molecule has 0 aromatic heterocycles. The highest BCUT2D eigenvalue weighted by Gasteiger charge is 2.43. The molecule has 1 aliphatic heterocycles. The highest BCUT2D eigenvalue weighted by atomic mass is 19.4. The van der Waals surface area contributed by atoms with E-state index in [1.54, 1.807) is 13.8 Å². The maximum absolute atomic E-state index is 12.4. The van der Waals surface area contributed by atoms with Gasteiger partial charge in [-0.15, -0.1) is 0 Å². The van der Waals surface area contributed by atoms with Crippen molar-refractivity contribution in [2.75, 3.05) is 6.54 Å². The number of alkyl halides is 3. The van der Waals surface area contributed by atoms with Crippen molar-refractivity contribution in [2.24, 2.45) is 11.8 Å². The molecule has 1 rings (SSSR count). The van der Waals surface area contributed by atoms with E-state index in [4.69, 9.17) is 0 Å². The fourth-order valence-corrected chi connectivity index (χ4v) is 2.43. The fourth-order valence-electron chi connectivity index (χ4n) is 2.43. The van der Waals surface area contributed by atoms with Gasteiger partial charge in [-0.1, -0.05) is 27.7 Å². The van der Waals surface area contributed by atoms with E-state index in [2.05, 4.69) is 5.32 Å². The van der Waals surface area contributed by atoms with Crippen LogP contribution in [0.25, 0.3) is 0 Å². The molecule has 1 aliphatic rings.